The summed E-state index contributed by atoms with van der Waals surface area (Å²) in [6, 6.07) is 11.8. The quantitative estimate of drug-likeness (QED) is 0.645. The van der Waals surface area contributed by atoms with E-state index in [0.717, 1.165) is 56.8 Å². The molecular formula is C23H28N6O2. The average Bonchev–Trinajstić information content (AvgIpc) is 3.53. The highest BCUT2D eigenvalue weighted by molar-refractivity contribution is 5.92. The molecule has 2 aromatic heterocycles. The number of carbonyl (C=O) groups excluding carboxylic acids is 1. The lowest BCUT2D eigenvalue weighted by Gasteiger charge is -2.39. The molecule has 5 rings (SSSR count). The third-order valence-corrected chi connectivity index (χ3v) is 6.80. The zero-order chi connectivity index (χ0) is 21.4. The Morgan fingerprint density at radius 1 is 1.19 bits per heavy atom. The van der Waals surface area contributed by atoms with Crippen molar-refractivity contribution < 1.29 is 9.32 Å². The molecule has 1 amide bonds. The molecule has 0 saturated carbocycles. The van der Waals surface area contributed by atoms with Gasteiger partial charge in [0.1, 0.15) is 5.69 Å². The minimum Gasteiger partial charge on any atom is -0.337 e. The van der Waals surface area contributed by atoms with Crippen molar-refractivity contribution in [1.82, 2.24) is 29.7 Å². The summed E-state index contributed by atoms with van der Waals surface area (Å²) in [6.45, 7) is 5.30. The summed E-state index contributed by atoms with van der Waals surface area (Å²) in [7, 11) is 2.13. The van der Waals surface area contributed by atoms with Crippen LogP contribution < -0.4 is 0 Å². The predicted molar refractivity (Wildman–Crippen MR) is 115 cm³/mol. The van der Waals surface area contributed by atoms with Crippen LogP contribution in [-0.4, -0.2) is 62.3 Å². The molecule has 31 heavy (non-hydrogen) atoms. The molecule has 0 bridgehead atoms. The van der Waals surface area contributed by atoms with E-state index in [9.17, 15) is 4.79 Å². The van der Waals surface area contributed by atoms with Crippen LogP contribution in [0.15, 0.2) is 47.1 Å². The normalized spacial score (nSPS) is 21.1. The highest BCUT2D eigenvalue weighted by atomic mass is 16.5. The maximum atomic E-state index is 12.8. The van der Waals surface area contributed by atoms with Crippen LogP contribution in [-0.2, 0) is 6.54 Å². The molecule has 1 spiro atoms. The first kappa shape index (κ1) is 19.9. The molecule has 8 nitrogen and oxygen atoms in total. The summed E-state index contributed by atoms with van der Waals surface area (Å²) in [5.74, 6) is 1.36. The van der Waals surface area contributed by atoms with Crippen LogP contribution in [0.1, 0.15) is 48.5 Å². The topological polar surface area (TPSA) is 80.3 Å². The van der Waals surface area contributed by atoms with Gasteiger partial charge in [-0.3, -0.25) is 14.4 Å². The van der Waals surface area contributed by atoms with E-state index >= 15 is 0 Å². The molecule has 1 unspecified atom stereocenters. The van der Waals surface area contributed by atoms with Gasteiger partial charge in [-0.1, -0.05) is 23.4 Å². The monoisotopic (exact) mass is 420 g/mol. The van der Waals surface area contributed by atoms with Gasteiger partial charge in [-0.25, -0.2) is 0 Å². The van der Waals surface area contributed by atoms with Crippen molar-refractivity contribution in [3.05, 3.63) is 54.1 Å². The van der Waals surface area contributed by atoms with E-state index in [1.165, 1.54) is 0 Å². The van der Waals surface area contributed by atoms with E-state index in [1.54, 1.807) is 4.68 Å². The van der Waals surface area contributed by atoms with Gasteiger partial charge in [0.05, 0.1) is 6.04 Å². The molecule has 0 aliphatic carbocycles. The van der Waals surface area contributed by atoms with Gasteiger partial charge < -0.3 is 9.42 Å². The van der Waals surface area contributed by atoms with Crippen LogP contribution in [0.2, 0.25) is 0 Å². The number of hydrogen-bond donors (Lipinski definition) is 0. The van der Waals surface area contributed by atoms with E-state index in [1.807, 2.05) is 54.4 Å². The second-order valence-corrected chi connectivity index (χ2v) is 8.81. The number of aromatic nitrogens is 4. The number of piperidine rings is 1. The Balaban J connectivity index is 1.25. The Labute approximate surface area is 181 Å². The maximum absolute atomic E-state index is 12.8. The number of aryl methyl sites for hydroxylation is 1. The molecule has 162 valence electrons. The van der Waals surface area contributed by atoms with E-state index in [0.29, 0.717) is 11.6 Å². The minimum absolute atomic E-state index is 0.0376. The Morgan fingerprint density at radius 2 is 1.97 bits per heavy atom. The number of carbonyl (C=O) groups is 1. The number of amides is 1. The fourth-order valence-corrected chi connectivity index (χ4v) is 4.99. The standard InChI is InChI=1S/C23H28N6O2/c1-3-29-12-9-18(25-29)22(30)28-13-10-23(11-14-28)15-19(27(2)16-23)20-24-21(31-26-20)17-7-5-4-6-8-17/h4-9,12,19H,3,10-11,13-16H2,1-2H3. The van der Waals surface area contributed by atoms with Crippen molar-refractivity contribution in [2.75, 3.05) is 26.7 Å². The smallest absolute Gasteiger partial charge is 0.274 e. The van der Waals surface area contributed by atoms with Gasteiger partial charge in [0.15, 0.2) is 5.82 Å². The second kappa shape index (κ2) is 7.92. The van der Waals surface area contributed by atoms with Crippen LogP contribution in [0, 0.1) is 5.41 Å². The van der Waals surface area contributed by atoms with E-state index in [4.69, 9.17) is 4.52 Å². The number of benzene rings is 1. The fraction of sp³-hybridized carbons (Fsp3) is 0.478. The molecule has 1 aromatic carbocycles. The van der Waals surface area contributed by atoms with Crippen LogP contribution in [0.5, 0.6) is 0 Å². The van der Waals surface area contributed by atoms with Gasteiger partial charge in [0.2, 0.25) is 0 Å². The average molecular weight is 421 g/mol. The fourth-order valence-electron chi connectivity index (χ4n) is 4.99. The Kier molecular flexibility index (Phi) is 5.09. The molecule has 0 N–H and O–H groups in total. The third-order valence-electron chi connectivity index (χ3n) is 6.80. The summed E-state index contributed by atoms with van der Waals surface area (Å²) in [4.78, 5) is 21.8. The zero-order valence-corrected chi connectivity index (χ0v) is 18.1. The highest BCUT2D eigenvalue weighted by Crippen LogP contribution is 2.48. The van der Waals surface area contributed by atoms with Crippen LogP contribution in [0.3, 0.4) is 0 Å². The van der Waals surface area contributed by atoms with Gasteiger partial charge in [-0.05, 0) is 56.8 Å². The lowest BCUT2D eigenvalue weighted by Crippen LogP contribution is -2.44. The second-order valence-electron chi connectivity index (χ2n) is 8.81. The van der Waals surface area contributed by atoms with Gasteiger partial charge in [-0.2, -0.15) is 10.1 Å². The summed E-state index contributed by atoms with van der Waals surface area (Å²) in [6.07, 6.45) is 4.82. The van der Waals surface area contributed by atoms with Gasteiger partial charge in [0.25, 0.3) is 11.8 Å². The number of nitrogens with zero attached hydrogens (tertiary/aromatic N) is 6. The Morgan fingerprint density at radius 3 is 2.68 bits per heavy atom. The van der Waals surface area contributed by atoms with Crippen molar-refractivity contribution in [3.63, 3.8) is 0 Å². The van der Waals surface area contributed by atoms with Crippen molar-refractivity contribution in [2.24, 2.45) is 5.41 Å². The molecule has 4 heterocycles. The van der Waals surface area contributed by atoms with Gasteiger partial charge in [0, 0.05) is 37.9 Å². The minimum atomic E-state index is 0.0376. The van der Waals surface area contributed by atoms with Crippen LogP contribution in [0.25, 0.3) is 11.5 Å². The number of hydrogen-bond acceptors (Lipinski definition) is 6. The van der Waals surface area contributed by atoms with Crippen molar-refractivity contribution in [1.29, 1.82) is 0 Å². The van der Waals surface area contributed by atoms with E-state index in [-0.39, 0.29) is 17.4 Å². The largest absolute Gasteiger partial charge is 0.337 e. The first-order valence-corrected chi connectivity index (χ1v) is 11.0. The zero-order valence-electron chi connectivity index (χ0n) is 18.1. The molecule has 2 saturated heterocycles. The molecular weight excluding hydrogens is 392 g/mol. The first-order chi connectivity index (χ1) is 15.1. The summed E-state index contributed by atoms with van der Waals surface area (Å²) in [5.41, 5.74) is 1.67. The van der Waals surface area contributed by atoms with Gasteiger partial charge in [-0.15, -0.1) is 0 Å². The predicted octanol–water partition coefficient (Wildman–Crippen LogP) is 3.25. The third kappa shape index (κ3) is 3.76. The van der Waals surface area contributed by atoms with Gasteiger partial charge >= 0.3 is 0 Å². The summed E-state index contributed by atoms with van der Waals surface area (Å²) in [5, 5.41) is 8.67. The molecule has 2 aliphatic rings. The molecule has 8 heteroatoms. The number of likely N-dealkylation sites (tertiary alicyclic amines) is 2. The molecule has 0 radical (unpaired) electrons. The van der Waals surface area contributed by atoms with Crippen molar-refractivity contribution in [2.45, 2.75) is 38.8 Å². The Hall–Kier alpha value is -3.00. The SMILES string of the molecule is CCn1ccc(C(=O)N2CCC3(CC2)CC(c2noc(-c4ccccc4)n2)N(C)C3)n1. The summed E-state index contributed by atoms with van der Waals surface area (Å²) < 4.78 is 7.34. The Bertz CT molecular complexity index is 1050. The molecule has 3 aromatic rings. The highest BCUT2D eigenvalue weighted by Gasteiger charge is 2.46. The molecule has 2 fully saturated rings. The lowest BCUT2D eigenvalue weighted by atomic mass is 9.76. The molecule has 2 aliphatic heterocycles. The van der Waals surface area contributed by atoms with E-state index in [2.05, 4.69) is 27.2 Å². The molecule has 1 atom stereocenters. The van der Waals surface area contributed by atoms with Crippen molar-refractivity contribution in [3.8, 4) is 11.5 Å². The summed E-state index contributed by atoms with van der Waals surface area (Å²) >= 11 is 0. The van der Waals surface area contributed by atoms with Crippen LogP contribution in [0.4, 0.5) is 0 Å². The maximum Gasteiger partial charge on any atom is 0.274 e. The van der Waals surface area contributed by atoms with Crippen LogP contribution >= 0.6 is 0 Å². The first-order valence-electron chi connectivity index (χ1n) is 11.0. The lowest BCUT2D eigenvalue weighted by molar-refractivity contribution is 0.0587. The van der Waals surface area contributed by atoms with Crippen molar-refractivity contribution >= 4 is 5.91 Å². The van der Waals surface area contributed by atoms with E-state index < -0.39 is 0 Å². The number of rotatable bonds is 4.